The molecule has 1 aromatic heterocycles. The average Bonchev–Trinajstić information content (AvgIpc) is 3.15. The van der Waals surface area contributed by atoms with Crippen LogP contribution < -0.4 is 4.90 Å². The van der Waals surface area contributed by atoms with Crippen LogP contribution in [0.2, 0.25) is 0 Å². The second-order valence-corrected chi connectivity index (χ2v) is 6.81. The normalized spacial score (nSPS) is 27.1. The standard InChI is InChI=1S/C16H25N5O2/c1-19(2)10-14(22)21-8-5-16(12-21)9-13(11-23-16)20(3)15-17-6-4-7-18-15/h4,6-7,13H,5,8-12H2,1-3H3/t13-,16-/m0/s1. The molecule has 23 heavy (non-hydrogen) atoms. The van der Waals surface area contributed by atoms with E-state index < -0.39 is 0 Å². The maximum atomic E-state index is 12.2. The summed E-state index contributed by atoms with van der Waals surface area (Å²) in [5.41, 5.74) is -0.199. The van der Waals surface area contributed by atoms with E-state index in [1.54, 1.807) is 12.4 Å². The van der Waals surface area contributed by atoms with E-state index in [9.17, 15) is 4.79 Å². The zero-order valence-corrected chi connectivity index (χ0v) is 14.1. The van der Waals surface area contributed by atoms with E-state index in [1.807, 2.05) is 37.0 Å². The predicted molar refractivity (Wildman–Crippen MR) is 87.3 cm³/mol. The van der Waals surface area contributed by atoms with Gasteiger partial charge in [-0.1, -0.05) is 0 Å². The molecule has 2 saturated heterocycles. The van der Waals surface area contributed by atoms with Crippen molar-refractivity contribution in [2.75, 3.05) is 52.3 Å². The summed E-state index contributed by atoms with van der Waals surface area (Å²) >= 11 is 0. The number of aromatic nitrogens is 2. The number of amides is 1. The van der Waals surface area contributed by atoms with Gasteiger partial charge in [0.15, 0.2) is 0 Å². The molecule has 1 amide bonds. The van der Waals surface area contributed by atoms with E-state index in [-0.39, 0.29) is 17.6 Å². The molecule has 0 unspecified atom stereocenters. The van der Waals surface area contributed by atoms with Crippen molar-refractivity contribution in [2.45, 2.75) is 24.5 Å². The fourth-order valence-electron chi connectivity index (χ4n) is 3.42. The van der Waals surface area contributed by atoms with Crippen molar-refractivity contribution in [3.05, 3.63) is 18.5 Å². The summed E-state index contributed by atoms with van der Waals surface area (Å²) in [6.07, 6.45) is 5.32. The summed E-state index contributed by atoms with van der Waals surface area (Å²) in [4.78, 5) is 26.8. The minimum Gasteiger partial charge on any atom is -0.371 e. The Bertz CT molecular complexity index is 553. The number of carbonyl (C=O) groups excluding carboxylic acids is 1. The predicted octanol–water partition coefficient (Wildman–Crippen LogP) is 0.234. The number of likely N-dealkylation sites (N-methyl/N-ethyl adjacent to an activating group) is 2. The molecule has 2 atom stereocenters. The highest BCUT2D eigenvalue weighted by molar-refractivity contribution is 5.78. The molecule has 0 saturated carbocycles. The number of hydrogen-bond acceptors (Lipinski definition) is 6. The Morgan fingerprint density at radius 1 is 1.39 bits per heavy atom. The lowest BCUT2D eigenvalue weighted by Gasteiger charge is -2.26. The van der Waals surface area contributed by atoms with Gasteiger partial charge in [0, 0.05) is 39.0 Å². The van der Waals surface area contributed by atoms with Crippen LogP contribution in [0.5, 0.6) is 0 Å². The molecule has 7 nitrogen and oxygen atoms in total. The lowest BCUT2D eigenvalue weighted by atomic mass is 9.97. The number of carbonyl (C=O) groups is 1. The minimum absolute atomic E-state index is 0.179. The van der Waals surface area contributed by atoms with Gasteiger partial charge < -0.3 is 19.4 Å². The number of anilines is 1. The van der Waals surface area contributed by atoms with E-state index in [0.717, 1.165) is 25.3 Å². The highest BCUT2D eigenvalue weighted by Gasteiger charge is 2.47. The first-order valence-electron chi connectivity index (χ1n) is 8.05. The summed E-state index contributed by atoms with van der Waals surface area (Å²) in [6.45, 7) is 2.59. The van der Waals surface area contributed by atoms with E-state index >= 15 is 0 Å². The van der Waals surface area contributed by atoms with E-state index in [4.69, 9.17) is 4.74 Å². The summed E-state index contributed by atoms with van der Waals surface area (Å²) < 4.78 is 6.14. The molecule has 7 heteroatoms. The Morgan fingerprint density at radius 2 is 2.13 bits per heavy atom. The molecule has 0 aromatic carbocycles. The van der Waals surface area contributed by atoms with Gasteiger partial charge in [0.05, 0.1) is 24.8 Å². The van der Waals surface area contributed by atoms with Gasteiger partial charge in [-0.05, 0) is 26.6 Å². The smallest absolute Gasteiger partial charge is 0.236 e. The molecule has 1 aromatic rings. The van der Waals surface area contributed by atoms with Crippen molar-refractivity contribution in [2.24, 2.45) is 0 Å². The van der Waals surface area contributed by atoms with Crippen molar-refractivity contribution < 1.29 is 9.53 Å². The van der Waals surface area contributed by atoms with Gasteiger partial charge in [-0.15, -0.1) is 0 Å². The summed E-state index contributed by atoms with van der Waals surface area (Å²) in [5.74, 6) is 0.898. The first kappa shape index (κ1) is 16.1. The van der Waals surface area contributed by atoms with Gasteiger partial charge in [-0.2, -0.15) is 0 Å². The minimum atomic E-state index is -0.199. The van der Waals surface area contributed by atoms with Crippen LogP contribution >= 0.6 is 0 Å². The molecule has 2 aliphatic rings. The second kappa shape index (κ2) is 6.41. The van der Waals surface area contributed by atoms with E-state index in [2.05, 4.69) is 14.9 Å². The molecular formula is C16H25N5O2. The van der Waals surface area contributed by atoms with Crippen molar-refractivity contribution in [3.8, 4) is 0 Å². The molecule has 126 valence electrons. The number of rotatable bonds is 4. The summed E-state index contributed by atoms with van der Waals surface area (Å²) in [7, 11) is 5.84. The molecule has 1 spiro atoms. The molecule has 2 fully saturated rings. The molecule has 0 bridgehead atoms. The third-order valence-electron chi connectivity index (χ3n) is 4.73. The van der Waals surface area contributed by atoms with Crippen LogP contribution in [0, 0.1) is 0 Å². The van der Waals surface area contributed by atoms with Crippen molar-refractivity contribution in [1.29, 1.82) is 0 Å². The fourth-order valence-corrected chi connectivity index (χ4v) is 3.42. The third-order valence-corrected chi connectivity index (χ3v) is 4.73. The third kappa shape index (κ3) is 3.45. The first-order chi connectivity index (χ1) is 11.0. The Hall–Kier alpha value is -1.73. The molecular weight excluding hydrogens is 294 g/mol. The largest absolute Gasteiger partial charge is 0.371 e. The molecule has 0 N–H and O–H groups in total. The van der Waals surface area contributed by atoms with Crippen LogP contribution in [0.25, 0.3) is 0 Å². The topological polar surface area (TPSA) is 61.8 Å². The number of nitrogens with zero attached hydrogens (tertiary/aromatic N) is 5. The Kier molecular flexibility index (Phi) is 4.50. The maximum Gasteiger partial charge on any atom is 0.236 e. The lowest BCUT2D eigenvalue weighted by Crippen LogP contribution is -2.40. The van der Waals surface area contributed by atoms with Gasteiger partial charge in [0.1, 0.15) is 0 Å². The molecule has 3 heterocycles. The van der Waals surface area contributed by atoms with Gasteiger partial charge >= 0.3 is 0 Å². The summed E-state index contributed by atoms with van der Waals surface area (Å²) in [5, 5.41) is 0. The van der Waals surface area contributed by atoms with Crippen LogP contribution in [-0.2, 0) is 9.53 Å². The van der Waals surface area contributed by atoms with Gasteiger partial charge in [-0.3, -0.25) is 4.79 Å². The summed E-state index contributed by atoms with van der Waals surface area (Å²) in [6, 6.07) is 2.07. The van der Waals surface area contributed by atoms with Gasteiger partial charge in [0.2, 0.25) is 11.9 Å². The monoisotopic (exact) mass is 319 g/mol. The second-order valence-electron chi connectivity index (χ2n) is 6.81. The van der Waals surface area contributed by atoms with Gasteiger partial charge in [0.25, 0.3) is 0 Å². The average molecular weight is 319 g/mol. The van der Waals surface area contributed by atoms with Crippen LogP contribution in [0.15, 0.2) is 18.5 Å². The van der Waals surface area contributed by atoms with Gasteiger partial charge in [-0.25, -0.2) is 9.97 Å². The maximum absolute atomic E-state index is 12.2. The molecule has 0 radical (unpaired) electrons. The Morgan fingerprint density at radius 3 is 2.83 bits per heavy atom. The first-order valence-corrected chi connectivity index (χ1v) is 8.05. The van der Waals surface area contributed by atoms with Crippen molar-refractivity contribution in [1.82, 2.24) is 19.8 Å². The van der Waals surface area contributed by atoms with E-state index in [0.29, 0.717) is 19.7 Å². The Balaban J connectivity index is 1.60. The quantitative estimate of drug-likeness (QED) is 0.792. The molecule has 0 aliphatic carbocycles. The molecule has 2 aliphatic heterocycles. The molecule has 3 rings (SSSR count). The SMILES string of the molecule is CN(C)CC(=O)N1CC[C@]2(C[C@H](N(C)c3ncccn3)CO2)C1. The zero-order chi connectivity index (χ0) is 16.4. The number of ether oxygens (including phenoxy) is 1. The lowest BCUT2D eigenvalue weighted by molar-refractivity contribution is -0.131. The zero-order valence-electron chi connectivity index (χ0n) is 14.1. The number of hydrogen-bond donors (Lipinski definition) is 0. The van der Waals surface area contributed by atoms with Crippen molar-refractivity contribution in [3.63, 3.8) is 0 Å². The number of likely N-dealkylation sites (tertiary alicyclic amines) is 1. The fraction of sp³-hybridized carbons (Fsp3) is 0.688. The highest BCUT2D eigenvalue weighted by Crippen LogP contribution is 2.37. The van der Waals surface area contributed by atoms with Crippen LogP contribution in [0.3, 0.4) is 0 Å². The Labute approximate surface area is 137 Å². The highest BCUT2D eigenvalue weighted by atomic mass is 16.5. The van der Waals surface area contributed by atoms with Crippen LogP contribution in [0.4, 0.5) is 5.95 Å². The van der Waals surface area contributed by atoms with Crippen LogP contribution in [0.1, 0.15) is 12.8 Å². The van der Waals surface area contributed by atoms with E-state index in [1.165, 1.54) is 0 Å². The van der Waals surface area contributed by atoms with Crippen molar-refractivity contribution >= 4 is 11.9 Å². The van der Waals surface area contributed by atoms with Crippen LogP contribution in [-0.4, -0.2) is 84.7 Å².